The summed E-state index contributed by atoms with van der Waals surface area (Å²) < 4.78 is 0. The third-order valence-electron chi connectivity index (χ3n) is 3.52. The van der Waals surface area contributed by atoms with E-state index in [1.165, 1.54) is 23.5 Å². The molecule has 0 amide bonds. The summed E-state index contributed by atoms with van der Waals surface area (Å²) in [5.74, 6) is 0. The first-order chi connectivity index (χ1) is 7.87. The van der Waals surface area contributed by atoms with Crippen molar-refractivity contribution in [3.63, 3.8) is 0 Å². The molecule has 2 heteroatoms. The number of nitrogens with zero attached hydrogens (tertiary/aromatic N) is 1. The Bertz CT molecular complexity index is 361. The van der Waals surface area contributed by atoms with Gasteiger partial charge < -0.3 is 0 Å². The van der Waals surface area contributed by atoms with Crippen molar-refractivity contribution in [2.24, 2.45) is 4.99 Å². The molecule has 1 rings (SSSR count). The summed E-state index contributed by atoms with van der Waals surface area (Å²) in [7, 11) is -0.762. The Morgan fingerprint density at radius 3 is 2.71 bits per heavy atom. The Kier molecular flexibility index (Phi) is 5.05. The zero-order valence-corrected chi connectivity index (χ0v) is 13.0. The van der Waals surface area contributed by atoms with Crippen LogP contribution < -0.4 is 0 Å². The molecule has 1 heterocycles. The zero-order valence-electron chi connectivity index (χ0n) is 12.2. The maximum absolute atomic E-state index is 4.71. The Hall–Kier alpha value is -0.500. The number of hydrogen-bond donors (Lipinski definition) is 0. The molecular formula is C15H27NS. The molecule has 1 atom stereocenters. The average molecular weight is 253 g/mol. The van der Waals surface area contributed by atoms with Gasteiger partial charge in [-0.2, -0.15) is 10.0 Å². The Morgan fingerprint density at radius 2 is 2.12 bits per heavy atom. The predicted molar refractivity (Wildman–Crippen MR) is 83.4 cm³/mol. The average Bonchev–Trinajstić information content (AvgIpc) is 2.22. The van der Waals surface area contributed by atoms with Crippen LogP contribution in [0.2, 0.25) is 0 Å². The number of rotatable bonds is 4. The zero-order chi connectivity index (χ0) is 13.1. The van der Waals surface area contributed by atoms with E-state index in [1.54, 1.807) is 4.91 Å². The number of allylic oxidation sites excluding steroid dienone is 3. The van der Waals surface area contributed by atoms with Crippen LogP contribution >= 0.6 is 10.0 Å². The maximum Gasteiger partial charge on any atom is 0.0670 e. The van der Waals surface area contributed by atoms with Gasteiger partial charge >= 0.3 is 0 Å². The van der Waals surface area contributed by atoms with Gasteiger partial charge in [0.2, 0.25) is 0 Å². The van der Waals surface area contributed by atoms with Gasteiger partial charge in [0.15, 0.2) is 0 Å². The lowest BCUT2D eigenvalue weighted by atomic mass is 10.1. The summed E-state index contributed by atoms with van der Waals surface area (Å²) in [6.07, 6.45) is 13.1. The molecule has 0 saturated carbocycles. The van der Waals surface area contributed by atoms with Crippen molar-refractivity contribution in [3.8, 4) is 0 Å². The Labute approximate surface area is 108 Å². The minimum atomic E-state index is -0.762. The summed E-state index contributed by atoms with van der Waals surface area (Å²) in [5, 5.41) is 1.36. The number of hydrogen-bond acceptors (Lipinski definition) is 1. The molecule has 0 aromatic carbocycles. The highest BCUT2D eigenvalue weighted by Gasteiger charge is 2.25. The summed E-state index contributed by atoms with van der Waals surface area (Å²) in [6.45, 7) is 8.84. The van der Waals surface area contributed by atoms with Gasteiger partial charge in [0, 0.05) is 0 Å². The molecule has 1 aliphatic heterocycles. The molecule has 1 unspecified atom stereocenters. The molecule has 0 saturated heterocycles. The van der Waals surface area contributed by atoms with E-state index in [-0.39, 0.29) is 0 Å². The predicted octanol–water partition coefficient (Wildman–Crippen LogP) is 4.89. The molecule has 0 radical (unpaired) electrons. The van der Waals surface area contributed by atoms with Crippen LogP contribution in [-0.4, -0.2) is 23.6 Å². The monoisotopic (exact) mass is 253 g/mol. The first kappa shape index (κ1) is 14.6. The summed E-state index contributed by atoms with van der Waals surface area (Å²) in [6, 6.07) is 0.376. The van der Waals surface area contributed by atoms with E-state index in [1.807, 2.05) is 0 Å². The topological polar surface area (TPSA) is 12.4 Å². The van der Waals surface area contributed by atoms with E-state index in [9.17, 15) is 0 Å². The summed E-state index contributed by atoms with van der Waals surface area (Å²) in [4.78, 5) is 6.35. The van der Waals surface area contributed by atoms with Crippen molar-refractivity contribution in [3.05, 3.63) is 22.6 Å². The lowest BCUT2D eigenvalue weighted by molar-refractivity contribution is 0.887. The van der Waals surface area contributed by atoms with E-state index in [2.05, 4.69) is 52.4 Å². The lowest BCUT2D eigenvalue weighted by Gasteiger charge is -2.38. The maximum atomic E-state index is 4.71. The summed E-state index contributed by atoms with van der Waals surface area (Å²) >= 11 is 0. The van der Waals surface area contributed by atoms with Crippen molar-refractivity contribution < 1.29 is 0 Å². The van der Waals surface area contributed by atoms with E-state index < -0.39 is 10.0 Å². The molecule has 0 fully saturated rings. The third-order valence-corrected chi connectivity index (χ3v) is 6.76. The van der Waals surface area contributed by atoms with Gasteiger partial charge in [-0.3, -0.25) is 4.99 Å². The van der Waals surface area contributed by atoms with E-state index >= 15 is 0 Å². The second-order valence-electron chi connectivity index (χ2n) is 5.31. The van der Waals surface area contributed by atoms with E-state index in [0.29, 0.717) is 6.04 Å². The fourth-order valence-electron chi connectivity index (χ4n) is 2.19. The smallest absolute Gasteiger partial charge is 0.0670 e. The standard InChI is InChI=1S/C15H27NS/c1-7-8-12(2)9-10-15-11-13(3)16-14(4)17(15,5)6/h8,11,13H,7,9-10H2,1-6H3/b12-8-. The minimum Gasteiger partial charge on any atom is -0.277 e. The highest BCUT2D eigenvalue weighted by atomic mass is 32.3. The van der Waals surface area contributed by atoms with Crippen LogP contribution in [0.15, 0.2) is 27.6 Å². The molecule has 17 heavy (non-hydrogen) atoms. The van der Waals surface area contributed by atoms with Gasteiger partial charge in [0.1, 0.15) is 0 Å². The molecular weight excluding hydrogens is 226 g/mol. The molecule has 1 nitrogen and oxygen atoms in total. The van der Waals surface area contributed by atoms with Gasteiger partial charge in [-0.25, -0.2) is 0 Å². The number of aliphatic imine (C=N–C) groups is 1. The highest BCUT2D eigenvalue weighted by Crippen LogP contribution is 2.54. The summed E-state index contributed by atoms with van der Waals surface area (Å²) in [5.41, 5.74) is 1.52. The van der Waals surface area contributed by atoms with Crippen LogP contribution in [0.5, 0.6) is 0 Å². The Morgan fingerprint density at radius 1 is 1.47 bits per heavy atom. The third kappa shape index (κ3) is 3.74. The van der Waals surface area contributed by atoms with Crippen LogP contribution in [-0.2, 0) is 0 Å². The molecule has 0 aromatic rings. The fraction of sp³-hybridized carbons (Fsp3) is 0.667. The molecule has 0 bridgehead atoms. The van der Waals surface area contributed by atoms with Crippen molar-refractivity contribution in [1.82, 2.24) is 0 Å². The van der Waals surface area contributed by atoms with E-state index in [0.717, 1.165) is 6.42 Å². The van der Waals surface area contributed by atoms with Gasteiger partial charge in [0.05, 0.1) is 11.1 Å². The Balaban J connectivity index is 2.73. The van der Waals surface area contributed by atoms with Crippen LogP contribution in [0.3, 0.4) is 0 Å². The van der Waals surface area contributed by atoms with Crippen LogP contribution in [0.25, 0.3) is 0 Å². The van der Waals surface area contributed by atoms with Crippen LogP contribution in [0.4, 0.5) is 0 Å². The SMILES string of the molecule is CC/C=C(/C)CCC1=CC(C)N=C(C)S1(C)C. The second kappa shape index (κ2) is 5.90. The molecule has 98 valence electrons. The van der Waals surface area contributed by atoms with Gasteiger partial charge in [-0.05, 0) is 57.5 Å². The lowest BCUT2D eigenvalue weighted by Crippen LogP contribution is -2.17. The molecule has 0 spiro atoms. The first-order valence-electron chi connectivity index (χ1n) is 6.52. The largest absolute Gasteiger partial charge is 0.277 e. The molecule has 0 aromatic heterocycles. The van der Waals surface area contributed by atoms with Crippen LogP contribution in [0, 0.1) is 0 Å². The van der Waals surface area contributed by atoms with Crippen molar-refractivity contribution in [2.45, 2.75) is 53.0 Å². The first-order valence-corrected chi connectivity index (χ1v) is 8.97. The normalized spacial score (nSPS) is 26.2. The van der Waals surface area contributed by atoms with Gasteiger partial charge in [0.25, 0.3) is 0 Å². The van der Waals surface area contributed by atoms with Crippen molar-refractivity contribution in [2.75, 3.05) is 12.5 Å². The van der Waals surface area contributed by atoms with Crippen molar-refractivity contribution >= 4 is 15.1 Å². The van der Waals surface area contributed by atoms with Gasteiger partial charge in [-0.15, -0.1) is 0 Å². The van der Waals surface area contributed by atoms with E-state index in [4.69, 9.17) is 4.99 Å². The minimum absolute atomic E-state index is 0.376. The van der Waals surface area contributed by atoms with Gasteiger partial charge in [-0.1, -0.05) is 24.6 Å². The second-order valence-corrected chi connectivity index (χ2v) is 9.08. The molecule has 0 aliphatic carbocycles. The quantitative estimate of drug-likeness (QED) is 0.632. The molecule has 1 aliphatic rings. The fourth-order valence-corrected chi connectivity index (χ4v) is 4.15. The molecule has 0 N–H and O–H groups in total. The van der Waals surface area contributed by atoms with Crippen molar-refractivity contribution in [1.29, 1.82) is 0 Å². The van der Waals surface area contributed by atoms with Crippen LogP contribution in [0.1, 0.15) is 47.0 Å². The highest BCUT2D eigenvalue weighted by molar-refractivity contribution is 8.47.